The second kappa shape index (κ2) is 13.3. The van der Waals surface area contributed by atoms with Crippen molar-refractivity contribution in [3.05, 3.63) is 59.1 Å². The zero-order valence-corrected chi connectivity index (χ0v) is 19.2. The van der Waals surface area contributed by atoms with Crippen LogP contribution < -0.4 is 0 Å². The maximum Gasteiger partial charge on any atom is 0.155 e. The summed E-state index contributed by atoms with van der Waals surface area (Å²) in [4.78, 5) is 19.0. The van der Waals surface area contributed by atoms with E-state index in [1.54, 1.807) is 0 Å². The Bertz CT molecular complexity index is 716. The fraction of sp³-hybridized carbons (Fsp3) is 0.409. The maximum absolute atomic E-state index is 10.0. The third-order valence-electron chi connectivity index (χ3n) is 3.58. The third-order valence-corrected chi connectivity index (χ3v) is 3.58. The molecule has 149 valence electrons. The van der Waals surface area contributed by atoms with Crippen LogP contribution in [0.15, 0.2) is 36.4 Å². The normalized spacial score (nSPS) is 10.5. The largest absolute Gasteiger partial charge is 0.512 e. The Balaban J connectivity index is 0.000000728. The minimum atomic E-state index is -0.125. The number of allylic oxidation sites excluding steroid dienone is 2. The predicted octanol–water partition coefficient (Wildman–Crippen LogP) is 5.33. The molecule has 2 aromatic rings. The molecular weight excluding hydrogens is 516 g/mol. The first-order valence-corrected chi connectivity index (χ1v) is 9.01. The Morgan fingerprint density at radius 2 is 1.78 bits per heavy atom. The van der Waals surface area contributed by atoms with Gasteiger partial charge in [-0.25, -0.2) is 0 Å². The number of carbonyl (C=O) groups is 1. The topological polar surface area (TPSA) is 63.1 Å². The van der Waals surface area contributed by atoms with Crippen LogP contribution in [0.1, 0.15) is 56.7 Å². The molecule has 27 heavy (non-hydrogen) atoms. The number of unbranched alkanes of at least 4 members (excludes halogenated alkanes) is 2. The number of benzene rings is 1. The molecule has 1 N–H and O–H groups in total. The van der Waals surface area contributed by atoms with Gasteiger partial charge in [0.05, 0.1) is 11.6 Å². The molecule has 5 heteroatoms. The Labute approximate surface area is 176 Å². The number of nitrogens with zero attached hydrogens (tertiary/aromatic N) is 2. The summed E-state index contributed by atoms with van der Waals surface area (Å²) in [5.74, 6) is 0.707. The standard InChI is InChI=1S/C17H21N2.C5H8O2.Ir/c1-4-5-6-7-15-11-18-17(19-12-15)16-9-13(2)8-14(3)10-16;1-4(6)3-5(2)7;/h8-9,11-12H,4-7H2,1-3H3;3,6H,1-2H3;/q-1;;. The minimum Gasteiger partial charge on any atom is -0.512 e. The number of aromatic nitrogens is 2. The molecule has 1 aromatic carbocycles. The molecule has 0 unspecified atom stereocenters. The third kappa shape index (κ3) is 10.8. The van der Waals surface area contributed by atoms with Crippen molar-refractivity contribution >= 4 is 5.78 Å². The summed E-state index contributed by atoms with van der Waals surface area (Å²) >= 11 is 0. The van der Waals surface area contributed by atoms with Gasteiger partial charge in [-0.15, -0.1) is 34.9 Å². The number of hydrogen-bond acceptors (Lipinski definition) is 4. The molecule has 0 spiro atoms. The SMILES string of the molecule is CC(=O)C=C(C)O.CCCCCc1cnc(-c2[c-]c(C)cc(C)c2)nc1.[Ir]. The van der Waals surface area contributed by atoms with Crippen molar-refractivity contribution < 1.29 is 30.0 Å². The molecule has 1 radical (unpaired) electrons. The van der Waals surface area contributed by atoms with Crippen molar-refractivity contribution in [2.24, 2.45) is 0 Å². The van der Waals surface area contributed by atoms with E-state index in [0.717, 1.165) is 23.4 Å². The zero-order chi connectivity index (χ0) is 19.5. The van der Waals surface area contributed by atoms with Crippen molar-refractivity contribution in [1.82, 2.24) is 9.97 Å². The van der Waals surface area contributed by atoms with Gasteiger partial charge in [-0.3, -0.25) is 14.8 Å². The van der Waals surface area contributed by atoms with Gasteiger partial charge in [0.1, 0.15) is 0 Å². The maximum atomic E-state index is 10.0. The summed E-state index contributed by atoms with van der Waals surface area (Å²) in [6.07, 6.45) is 9.87. The van der Waals surface area contributed by atoms with E-state index in [-0.39, 0.29) is 31.6 Å². The van der Waals surface area contributed by atoms with Gasteiger partial charge in [-0.05, 0) is 32.3 Å². The summed E-state index contributed by atoms with van der Waals surface area (Å²) in [7, 11) is 0. The molecule has 4 nitrogen and oxygen atoms in total. The summed E-state index contributed by atoms with van der Waals surface area (Å²) < 4.78 is 0. The van der Waals surface area contributed by atoms with Gasteiger partial charge in [0.2, 0.25) is 0 Å². The van der Waals surface area contributed by atoms with Crippen LogP contribution in [0.5, 0.6) is 0 Å². The van der Waals surface area contributed by atoms with Crippen LogP contribution in [0.4, 0.5) is 0 Å². The first-order chi connectivity index (χ1) is 12.3. The average Bonchev–Trinajstić information content (AvgIpc) is 2.54. The summed E-state index contributed by atoms with van der Waals surface area (Å²) in [5, 5.41) is 8.36. The van der Waals surface area contributed by atoms with Crippen LogP contribution in [0.25, 0.3) is 11.4 Å². The fourth-order valence-corrected chi connectivity index (χ4v) is 2.51. The van der Waals surface area contributed by atoms with Crippen molar-refractivity contribution in [3.63, 3.8) is 0 Å². The van der Waals surface area contributed by atoms with Gasteiger partial charge in [0.15, 0.2) is 5.78 Å². The summed E-state index contributed by atoms with van der Waals surface area (Å²) in [5.41, 5.74) is 4.56. The molecule has 1 heterocycles. The van der Waals surface area contributed by atoms with Gasteiger partial charge in [-0.1, -0.05) is 33.6 Å². The molecule has 1 aromatic heterocycles. The van der Waals surface area contributed by atoms with Crippen LogP contribution in [0, 0.1) is 19.9 Å². The van der Waals surface area contributed by atoms with Gasteiger partial charge in [0.25, 0.3) is 0 Å². The molecule has 2 rings (SSSR count). The van der Waals surface area contributed by atoms with E-state index in [1.165, 1.54) is 50.3 Å². The van der Waals surface area contributed by atoms with Gasteiger partial charge >= 0.3 is 0 Å². The molecule has 0 saturated heterocycles. The first kappa shape index (κ1) is 25.2. The van der Waals surface area contributed by atoms with Crippen molar-refractivity contribution in [3.8, 4) is 11.4 Å². The second-order valence-corrected chi connectivity index (χ2v) is 6.52. The Kier molecular flexibility index (Phi) is 12.4. The van der Waals surface area contributed by atoms with Crippen LogP contribution in [0.2, 0.25) is 0 Å². The quantitative estimate of drug-likeness (QED) is 0.231. The molecular formula is C22H29IrN2O2-. The van der Waals surface area contributed by atoms with E-state index in [4.69, 9.17) is 5.11 Å². The fourth-order valence-electron chi connectivity index (χ4n) is 2.51. The minimum absolute atomic E-state index is 0. The van der Waals surface area contributed by atoms with Crippen LogP contribution in [-0.2, 0) is 31.3 Å². The molecule has 0 aliphatic rings. The van der Waals surface area contributed by atoms with E-state index in [1.807, 2.05) is 12.4 Å². The van der Waals surface area contributed by atoms with E-state index in [9.17, 15) is 4.79 Å². The van der Waals surface area contributed by atoms with E-state index < -0.39 is 0 Å². The van der Waals surface area contributed by atoms with Crippen LogP contribution >= 0.6 is 0 Å². The molecule has 0 saturated carbocycles. The zero-order valence-electron chi connectivity index (χ0n) is 16.8. The van der Waals surface area contributed by atoms with Gasteiger partial charge in [0, 0.05) is 38.6 Å². The molecule has 0 atom stereocenters. The van der Waals surface area contributed by atoms with Crippen LogP contribution in [0.3, 0.4) is 0 Å². The number of carbonyl (C=O) groups excluding carboxylic acids is 1. The molecule has 0 fully saturated rings. The Morgan fingerprint density at radius 3 is 2.22 bits per heavy atom. The van der Waals surface area contributed by atoms with Crippen LogP contribution in [-0.4, -0.2) is 20.9 Å². The smallest absolute Gasteiger partial charge is 0.155 e. The number of aliphatic hydroxyl groups excluding tert-OH is 1. The monoisotopic (exact) mass is 546 g/mol. The first-order valence-electron chi connectivity index (χ1n) is 9.01. The average molecular weight is 546 g/mol. The second-order valence-electron chi connectivity index (χ2n) is 6.52. The van der Waals surface area contributed by atoms with Gasteiger partial charge < -0.3 is 5.11 Å². The predicted molar refractivity (Wildman–Crippen MR) is 106 cm³/mol. The van der Waals surface area contributed by atoms with E-state index in [2.05, 4.69) is 48.9 Å². The Morgan fingerprint density at radius 1 is 1.15 bits per heavy atom. The molecule has 0 bridgehead atoms. The van der Waals surface area contributed by atoms with Gasteiger partial charge in [-0.2, -0.15) is 0 Å². The number of ketones is 1. The van der Waals surface area contributed by atoms with Crippen molar-refractivity contribution in [2.75, 3.05) is 0 Å². The van der Waals surface area contributed by atoms with E-state index in [0.29, 0.717) is 0 Å². The summed E-state index contributed by atoms with van der Waals surface area (Å²) in [6.45, 7) is 9.20. The van der Waals surface area contributed by atoms with Crippen molar-refractivity contribution in [2.45, 2.75) is 60.3 Å². The summed E-state index contributed by atoms with van der Waals surface area (Å²) in [6, 6.07) is 7.51. The molecule has 0 aliphatic heterocycles. The van der Waals surface area contributed by atoms with E-state index >= 15 is 0 Å². The molecule has 0 aliphatic carbocycles. The number of aryl methyl sites for hydroxylation is 3. The Hall–Kier alpha value is -1.84. The number of aliphatic hydroxyl groups is 1. The number of rotatable bonds is 6. The van der Waals surface area contributed by atoms with Crippen molar-refractivity contribution in [1.29, 1.82) is 0 Å². The number of hydrogen-bond donors (Lipinski definition) is 1. The molecule has 0 amide bonds.